The zero-order chi connectivity index (χ0) is 25.0. The molecule has 8 nitrogen and oxygen atoms in total. The van der Waals surface area contributed by atoms with Gasteiger partial charge >= 0.3 is 0 Å². The number of carbonyl (C=O) groups excluding carboxylic acids is 1. The third-order valence-corrected chi connectivity index (χ3v) is 8.77. The maximum atomic E-state index is 13.2. The van der Waals surface area contributed by atoms with Crippen molar-refractivity contribution in [3.05, 3.63) is 30.1 Å². The lowest BCUT2D eigenvalue weighted by atomic mass is 9.89. The highest BCUT2D eigenvalue weighted by Gasteiger charge is 2.34. The maximum absolute atomic E-state index is 13.2. The average Bonchev–Trinajstić information content (AvgIpc) is 3.01. The van der Waals surface area contributed by atoms with E-state index in [1.165, 1.54) is 0 Å². The van der Waals surface area contributed by atoms with Gasteiger partial charge in [0.1, 0.15) is 11.9 Å². The second-order valence-electron chi connectivity index (χ2n) is 9.32. The van der Waals surface area contributed by atoms with E-state index >= 15 is 0 Å². The number of hydrogen-bond acceptors (Lipinski definition) is 6. The van der Waals surface area contributed by atoms with Gasteiger partial charge in [-0.05, 0) is 67.7 Å². The van der Waals surface area contributed by atoms with Crippen molar-refractivity contribution in [2.24, 2.45) is 17.8 Å². The van der Waals surface area contributed by atoms with E-state index in [0.717, 1.165) is 43.4 Å². The van der Waals surface area contributed by atoms with E-state index in [9.17, 15) is 31.1 Å². The number of carbonyl (C=O) groups is 1. The van der Waals surface area contributed by atoms with Crippen LogP contribution in [0, 0.1) is 23.6 Å². The number of aliphatic hydroxyl groups is 1. The average molecular weight is 511 g/mol. The Morgan fingerprint density at radius 3 is 2.27 bits per heavy atom. The Kier molecular flexibility index (Phi) is 9.43. The molecule has 1 aromatic carbocycles. The van der Waals surface area contributed by atoms with Crippen LogP contribution in [0.3, 0.4) is 0 Å². The molecule has 33 heavy (non-hydrogen) atoms. The minimum Gasteiger partial charge on any atom is -0.391 e. The number of sulfonamides is 1. The number of aliphatic hydroxyl groups excluding tert-OH is 1. The van der Waals surface area contributed by atoms with E-state index in [0.29, 0.717) is 30.6 Å². The molecule has 2 rings (SSSR count). The molecule has 3 N–H and O–H groups in total. The molecule has 11 heteroatoms. The van der Waals surface area contributed by atoms with Crippen molar-refractivity contribution in [2.75, 3.05) is 12.0 Å². The summed E-state index contributed by atoms with van der Waals surface area (Å²) < 4.78 is 64.4. The topological polar surface area (TPSA) is 130 Å². The molecule has 192 valence electrons. The normalized spacial score (nSPS) is 24.2. The first kappa shape index (κ1) is 27.7. The number of rotatable bonds is 11. The lowest BCUT2D eigenvalue weighted by Crippen LogP contribution is -2.54. The Morgan fingerprint density at radius 1 is 1.18 bits per heavy atom. The largest absolute Gasteiger partial charge is 0.391 e. The number of benzene rings is 1. The predicted octanol–water partition coefficient (Wildman–Crippen LogP) is 2.34. The molecule has 1 saturated carbocycles. The number of halogens is 1. The Labute approximate surface area is 199 Å². The van der Waals surface area contributed by atoms with Crippen molar-refractivity contribution in [3.63, 3.8) is 0 Å². The molecule has 1 fully saturated rings. The minimum atomic E-state index is -4.11. The Bertz CT molecular complexity index is 1020. The third kappa shape index (κ3) is 8.31. The summed E-state index contributed by atoms with van der Waals surface area (Å²) >= 11 is 0. The van der Waals surface area contributed by atoms with Gasteiger partial charge in [-0.2, -0.15) is 0 Å². The Balaban J connectivity index is 0.00000578. The van der Waals surface area contributed by atoms with E-state index in [2.05, 4.69) is 23.9 Å². The number of nitrogens with one attached hydrogen (secondary N) is 2. The minimum absolute atomic E-state index is 0. The van der Waals surface area contributed by atoms with Crippen molar-refractivity contribution in [1.82, 2.24) is 10.0 Å². The number of amides is 1. The maximum Gasteiger partial charge on any atom is 0.239 e. The van der Waals surface area contributed by atoms with Crippen LogP contribution >= 0.6 is 0 Å². The van der Waals surface area contributed by atoms with Gasteiger partial charge in [-0.25, -0.2) is 25.9 Å². The van der Waals surface area contributed by atoms with Crippen LogP contribution in [0.1, 0.15) is 49.3 Å². The van der Waals surface area contributed by atoms with Crippen LogP contribution < -0.4 is 10.0 Å². The first-order valence-corrected chi connectivity index (χ1v) is 14.7. The molecule has 6 atom stereocenters. The summed E-state index contributed by atoms with van der Waals surface area (Å²) in [7, 11) is -8.03. The van der Waals surface area contributed by atoms with Crippen LogP contribution in [0.4, 0.5) is 4.39 Å². The molecule has 0 bridgehead atoms. The van der Waals surface area contributed by atoms with Crippen molar-refractivity contribution >= 4 is 25.8 Å². The van der Waals surface area contributed by atoms with Crippen LogP contribution in [0.25, 0.3) is 0 Å². The summed E-state index contributed by atoms with van der Waals surface area (Å²) in [6.07, 6.45) is 2.96. The van der Waals surface area contributed by atoms with Gasteiger partial charge in [0.2, 0.25) is 15.9 Å². The summed E-state index contributed by atoms with van der Waals surface area (Å²) in [5.41, 5.74) is 0. The molecule has 0 spiro atoms. The second kappa shape index (κ2) is 11.2. The molecule has 1 amide bonds. The SMILES string of the molecule is CC[C@H](NC(=O)[C@@H](CS(=O)(=O)c1ccc(F)cc1)NS(C)(=O)=O)[C@H](O)CC1CC(C)CC1C.[HH].[HH]. The molecular weight excluding hydrogens is 471 g/mol. The highest BCUT2D eigenvalue weighted by molar-refractivity contribution is 7.91. The van der Waals surface area contributed by atoms with Gasteiger partial charge < -0.3 is 10.4 Å². The third-order valence-electron chi connectivity index (χ3n) is 6.29. The van der Waals surface area contributed by atoms with Crippen LogP contribution in [-0.4, -0.2) is 58.0 Å². The molecule has 0 aliphatic heterocycles. The van der Waals surface area contributed by atoms with Crippen molar-refractivity contribution in [3.8, 4) is 0 Å². The van der Waals surface area contributed by atoms with Crippen LogP contribution in [0.2, 0.25) is 0 Å². The van der Waals surface area contributed by atoms with E-state index in [-0.39, 0.29) is 7.75 Å². The lowest BCUT2D eigenvalue weighted by molar-refractivity contribution is -0.124. The highest BCUT2D eigenvalue weighted by atomic mass is 32.2. The molecule has 0 heterocycles. The highest BCUT2D eigenvalue weighted by Crippen LogP contribution is 2.38. The smallest absolute Gasteiger partial charge is 0.239 e. The first-order chi connectivity index (χ1) is 15.2. The van der Waals surface area contributed by atoms with Crippen molar-refractivity contribution in [2.45, 2.75) is 69.5 Å². The predicted molar refractivity (Wildman–Crippen MR) is 128 cm³/mol. The van der Waals surface area contributed by atoms with Gasteiger partial charge in [0, 0.05) is 2.85 Å². The quantitative estimate of drug-likeness (QED) is 0.392. The van der Waals surface area contributed by atoms with E-state index in [1.54, 1.807) is 6.92 Å². The van der Waals surface area contributed by atoms with Crippen LogP contribution in [0.15, 0.2) is 29.2 Å². The lowest BCUT2D eigenvalue weighted by Gasteiger charge is -2.28. The Hall–Kier alpha value is -1.56. The van der Waals surface area contributed by atoms with Crippen molar-refractivity contribution < 1.29 is 34.0 Å². The summed E-state index contributed by atoms with van der Waals surface area (Å²) in [4.78, 5) is 12.7. The summed E-state index contributed by atoms with van der Waals surface area (Å²) in [6, 6.07) is 1.80. The van der Waals surface area contributed by atoms with Crippen LogP contribution in [0.5, 0.6) is 0 Å². The van der Waals surface area contributed by atoms with Gasteiger partial charge in [0.25, 0.3) is 0 Å². The van der Waals surface area contributed by atoms with Gasteiger partial charge in [0.15, 0.2) is 9.84 Å². The summed E-state index contributed by atoms with van der Waals surface area (Å²) in [5, 5.41) is 13.4. The van der Waals surface area contributed by atoms with Gasteiger partial charge in [0.05, 0.1) is 29.0 Å². The van der Waals surface area contributed by atoms with Crippen LogP contribution in [-0.2, 0) is 24.7 Å². The zero-order valence-corrected chi connectivity index (χ0v) is 21.1. The van der Waals surface area contributed by atoms with E-state index < -0.39 is 55.5 Å². The number of sulfone groups is 1. The van der Waals surface area contributed by atoms with Gasteiger partial charge in [-0.3, -0.25) is 4.79 Å². The fraction of sp³-hybridized carbons (Fsp3) is 0.682. The van der Waals surface area contributed by atoms with E-state index in [1.807, 2.05) is 0 Å². The fourth-order valence-corrected chi connectivity index (χ4v) is 6.84. The number of hydrogen-bond donors (Lipinski definition) is 3. The molecule has 0 radical (unpaired) electrons. The summed E-state index contributed by atoms with van der Waals surface area (Å²) in [5.74, 6) is -0.950. The molecule has 1 aliphatic rings. The monoisotopic (exact) mass is 510 g/mol. The zero-order valence-electron chi connectivity index (χ0n) is 19.5. The molecule has 1 aromatic rings. The molecular formula is C22H39FN2O6S2. The van der Waals surface area contributed by atoms with Gasteiger partial charge in [-0.15, -0.1) is 0 Å². The van der Waals surface area contributed by atoms with Gasteiger partial charge in [-0.1, -0.05) is 20.8 Å². The molecule has 0 aromatic heterocycles. The first-order valence-electron chi connectivity index (χ1n) is 11.2. The van der Waals surface area contributed by atoms with Crippen molar-refractivity contribution in [1.29, 1.82) is 0 Å². The molecule has 3 unspecified atom stereocenters. The Morgan fingerprint density at radius 2 is 1.79 bits per heavy atom. The standard InChI is InChI=1S/C22H35FN2O6S2.2H2/c1-5-19(21(26)12-16-11-14(2)10-15(16)3)24-22(27)20(25-32(4,28)29)13-33(30,31)18-8-6-17(23)7-9-18;;/h6-9,14-16,19-21,25-26H,5,10-13H2,1-4H3,(H,24,27);2*1H/t14?,15?,16?,19-,20+,21+;;/m0../s1. The molecule has 1 aliphatic carbocycles. The second-order valence-corrected chi connectivity index (χ2v) is 13.1. The van der Waals surface area contributed by atoms with E-state index in [4.69, 9.17) is 0 Å². The fourth-order valence-electron chi connectivity index (χ4n) is 4.61. The summed E-state index contributed by atoms with van der Waals surface area (Å²) in [6.45, 7) is 6.10. The molecule has 0 saturated heterocycles.